The van der Waals surface area contributed by atoms with E-state index in [1.165, 1.54) is 21.6 Å². The molecule has 0 saturated heterocycles. The molecule has 0 unspecified atom stereocenters. The van der Waals surface area contributed by atoms with Gasteiger partial charge in [0.1, 0.15) is 0 Å². The molecule has 3 aliphatic rings. The molecule has 0 spiro atoms. The molecule has 0 amide bonds. The molecule has 28 heavy (non-hydrogen) atoms. The first-order valence-corrected chi connectivity index (χ1v) is 10.4. The summed E-state index contributed by atoms with van der Waals surface area (Å²) in [5.74, 6) is 1.05. The number of aryl methyl sites for hydroxylation is 1. The minimum absolute atomic E-state index is 0.102. The zero-order chi connectivity index (χ0) is 20.2. The molecule has 4 atom stereocenters. The van der Waals surface area contributed by atoms with Gasteiger partial charge in [-0.05, 0) is 60.1 Å². The Morgan fingerprint density at radius 2 is 1.96 bits per heavy atom. The van der Waals surface area contributed by atoms with Crippen molar-refractivity contribution in [2.45, 2.75) is 52.6 Å². The summed E-state index contributed by atoms with van der Waals surface area (Å²) in [7, 11) is 0. The van der Waals surface area contributed by atoms with Crippen molar-refractivity contribution in [3.05, 3.63) is 61.8 Å². The van der Waals surface area contributed by atoms with Gasteiger partial charge < -0.3 is 5.11 Å². The lowest BCUT2D eigenvalue weighted by Crippen LogP contribution is -2.58. The monoisotopic (exact) mass is 402 g/mol. The van der Waals surface area contributed by atoms with Gasteiger partial charge in [0.05, 0.1) is 6.07 Å². The molecule has 3 fully saturated rings. The van der Waals surface area contributed by atoms with Crippen molar-refractivity contribution in [2.75, 3.05) is 0 Å². The topological polar surface area (TPSA) is 64.2 Å². The number of rotatable bonds is 4. The molecule has 1 aromatic carbocycles. The zero-order valence-electron chi connectivity index (χ0n) is 16.6. The average Bonchev–Trinajstić information content (AvgIpc) is 2.62. The van der Waals surface area contributed by atoms with Crippen molar-refractivity contribution in [3.8, 4) is 5.88 Å². The summed E-state index contributed by atoms with van der Waals surface area (Å²) in [6.07, 6.45) is 2.57. The lowest BCUT2D eigenvalue weighted by Gasteiger charge is -2.62. The molecule has 0 aliphatic heterocycles. The number of hydrogen-bond donors (Lipinski definition) is 1. The van der Waals surface area contributed by atoms with Crippen LogP contribution in [0.5, 0.6) is 5.88 Å². The summed E-state index contributed by atoms with van der Waals surface area (Å²) in [5, 5.41) is 10.9. The number of halogens is 1. The van der Waals surface area contributed by atoms with Gasteiger partial charge in [-0.3, -0.25) is 13.9 Å². The number of aromatic nitrogens is 2. The van der Waals surface area contributed by atoms with Crippen LogP contribution < -0.4 is 11.2 Å². The summed E-state index contributed by atoms with van der Waals surface area (Å²) in [6, 6.07) is 8.51. The molecule has 1 N–H and O–H groups in total. The molecule has 3 aliphatic carbocycles. The van der Waals surface area contributed by atoms with E-state index in [2.05, 4.69) is 20.8 Å². The molecular formula is C22H27ClN2O3. The van der Waals surface area contributed by atoms with Gasteiger partial charge in [-0.1, -0.05) is 44.5 Å². The first-order valence-electron chi connectivity index (χ1n) is 10.00. The van der Waals surface area contributed by atoms with Gasteiger partial charge in [0.25, 0.3) is 5.56 Å². The van der Waals surface area contributed by atoms with Crippen LogP contribution in [0.2, 0.25) is 5.02 Å². The van der Waals surface area contributed by atoms with Crippen molar-refractivity contribution in [1.29, 1.82) is 0 Å². The van der Waals surface area contributed by atoms with Gasteiger partial charge in [-0.2, -0.15) is 0 Å². The van der Waals surface area contributed by atoms with Crippen LogP contribution in [0.25, 0.3) is 0 Å². The molecule has 3 saturated carbocycles. The Kier molecular flexibility index (Phi) is 4.69. The van der Waals surface area contributed by atoms with E-state index in [0.717, 1.165) is 12.0 Å². The van der Waals surface area contributed by atoms with E-state index in [9.17, 15) is 14.7 Å². The van der Waals surface area contributed by atoms with Crippen LogP contribution in [0, 0.1) is 23.2 Å². The highest BCUT2D eigenvalue weighted by Crippen LogP contribution is 2.63. The molecular weight excluding hydrogens is 376 g/mol. The van der Waals surface area contributed by atoms with Gasteiger partial charge in [0.2, 0.25) is 5.88 Å². The lowest BCUT2D eigenvalue weighted by atomic mass is 9.44. The van der Waals surface area contributed by atoms with Crippen LogP contribution in [-0.2, 0) is 13.0 Å². The van der Waals surface area contributed by atoms with E-state index in [0.29, 0.717) is 29.8 Å². The Balaban J connectivity index is 1.65. The van der Waals surface area contributed by atoms with Crippen molar-refractivity contribution in [3.63, 3.8) is 0 Å². The Morgan fingerprint density at radius 3 is 2.61 bits per heavy atom. The Labute approximate surface area is 169 Å². The van der Waals surface area contributed by atoms with Gasteiger partial charge in [0.15, 0.2) is 0 Å². The quantitative estimate of drug-likeness (QED) is 0.844. The van der Waals surface area contributed by atoms with Crippen molar-refractivity contribution < 1.29 is 5.11 Å². The number of hydrogen-bond acceptors (Lipinski definition) is 3. The fraction of sp³-hybridized carbons (Fsp3) is 0.545. The predicted molar refractivity (Wildman–Crippen MR) is 110 cm³/mol. The second-order valence-corrected chi connectivity index (χ2v) is 9.48. The van der Waals surface area contributed by atoms with Gasteiger partial charge in [-0.25, -0.2) is 4.79 Å². The standard InChI is InChI=1S/C22H27ClN2O3/c1-13-17-10-15(22(17,2)3)11-18(13)25-20(27)12-19(26)24(21(25)28)8-7-14-5-4-6-16(23)9-14/h4-6,9,12-13,15,17-18,26H,7-8,10-11H2,1-3H3/t13-,15+,17-,18-/m0/s1. The predicted octanol–water partition coefficient (Wildman–Crippen LogP) is 3.85. The first kappa shape index (κ1) is 19.3. The Morgan fingerprint density at radius 1 is 1.21 bits per heavy atom. The number of aromatic hydroxyl groups is 1. The second-order valence-electron chi connectivity index (χ2n) is 9.05. The van der Waals surface area contributed by atoms with E-state index in [-0.39, 0.29) is 23.3 Å². The van der Waals surface area contributed by atoms with E-state index in [1.807, 2.05) is 18.2 Å². The molecule has 2 aromatic rings. The highest BCUT2D eigenvalue weighted by Gasteiger charge is 2.57. The van der Waals surface area contributed by atoms with Crippen LogP contribution in [0.4, 0.5) is 0 Å². The number of nitrogens with zero attached hydrogens (tertiary/aromatic N) is 2. The zero-order valence-corrected chi connectivity index (χ0v) is 17.3. The second kappa shape index (κ2) is 6.80. The van der Waals surface area contributed by atoms with Crippen molar-refractivity contribution in [1.82, 2.24) is 9.13 Å². The maximum Gasteiger partial charge on any atom is 0.334 e. The van der Waals surface area contributed by atoms with Gasteiger partial charge in [0, 0.05) is 17.6 Å². The SMILES string of the molecule is C[C@@H]1[C@@H](n2c(=O)cc(O)n(CCc3cccc(Cl)c3)c2=O)C[C@H]2C[C@@H]1C2(C)C. The van der Waals surface area contributed by atoms with Crippen molar-refractivity contribution >= 4 is 11.6 Å². The van der Waals surface area contributed by atoms with Crippen LogP contribution in [-0.4, -0.2) is 14.2 Å². The highest BCUT2D eigenvalue weighted by molar-refractivity contribution is 6.30. The molecule has 5 nitrogen and oxygen atoms in total. The summed E-state index contributed by atoms with van der Waals surface area (Å²) < 4.78 is 2.69. The summed E-state index contributed by atoms with van der Waals surface area (Å²) >= 11 is 6.03. The lowest BCUT2D eigenvalue weighted by molar-refractivity contribution is -0.125. The average molecular weight is 403 g/mol. The van der Waals surface area contributed by atoms with Gasteiger partial charge >= 0.3 is 5.69 Å². The van der Waals surface area contributed by atoms with E-state index < -0.39 is 11.2 Å². The first-order chi connectivity index (χ1) is 13.2. The van der Waals surface area contributed by atoms with E-state index in [1.54, 1.807) is 6.07 Å². The maximum atomic E-state index is 13.2. The van der Waals surface area contributed by atoms with Crippen LogP contribution in [0.3, 0.4) is 0 Å². The summed E-state index contributed by atoms with van der Waals surface area (Å²) in [4.78, 5) is 25.8. The molecule has 0 radical (unpaired) electrons. The van der Waals surface area contributed by atoms with E-state index in [4.69, 9.17) is 11.6 Å². The molecule has 1 heterocycles. The fourth-order valence-electron chi connectivity index (χ4n) is 5.49. The third-order valence-corrected chi connectivity index (χ3v) is 7.60. The largest absolute Gasteiger partial charge is 0.494 e. The van der Waals surface area contributed by atoms with E-state index >= 15 is 0 Å². The van der Waals surface area contributed by atoms with Crippen LogP contribution in [0.1, 0.15) is 45.2 Å². The highest BCUT2D eigenvalue weighted by atomic mass is 35.5. The summed E-state index contributed by atoms with van der Waals surface area (Å²) in [6.45, 7) is 7.04. The Hall–Kier alpha value is -2.01. The molecule has 5 rings (SSSR count). The smallest absolute Gasteiger partial charge is 0.334 e. The molecule has 150 valence electrons. The molecule has 1 aromatic heterocycles. The maximum absolute atomic E-state index is 13.2. The number of benzene rings is 1. The Bertz CT molecular complexity index is 1020. The number of fused-ring (bicyclic) bond motifs is 2. The van der Waals surface area contributed by atoms with Crippen molar-refractivity contribution in [2.24, 2.45) is 23.2 Å². The van der Waals surface area contributed by atoms with Crippen LogP contribution in [0.15, 0.2) is 39.9 Å². The third kappa shape index (κ3) is 3.00. The minimum atomic E-state index is -0.414. The van der Waals surface area contributed by atoms with Crippen LogP contribution >= 0.6 is 11.6 Å². The molecule has 2 bridgehead atoms. The minimum Gasteiger partial charge on any atom is -0.494 e. The fourth-order valence-corrected chi connectivity index (χ4v) is 5.71. The molecule has 6 heteroatoms. The van der Waals surface area contributed by atoms with Gasteiger partial charge in [-0.15, -0.1) is 0 Å². The third-order valence-electron chi connectivity index (χ3n) is 7.36. The summed E-state index contributed by atoms with van der Waals surface area (Å²) in [5.41, 5.74) is 0.438. The normalized spacial score (nSPS) is 28.0.